The first kappa shape index (κ1) is 20.8. The highest BCUT2D eigenvalue weighted by atomic mass is 35.5. The third-order valence-corrected chi connectivity index (χ3v) is 5.25. The van der Waals surface area contributed by atoms with E-state index in [2.05, 4.69) is 30.4 Å². The normalized spacial score (nSPS) is 12.0. The van der Waals surface area contributed by atoms with Crippen molar-refractivity contribution < 1.29 is 9.15 Å². The lowest BCUT2D eigenvalue weighted by Crippen LogP contribution is -2.12. The number of aryl methyl sites for hydroxylation is 1. The van der Waals surface area contributed by atoms with Crippen LogP contribution in [-0.4, -0.2) is 34.9 Å². The molecular weight excluding hydrogens is 442 g/mol. The first-order valence-electron chi connectivity index (χ1n) is 10.1. The van der Waals surface area contributed by atoms with Gasteiger partial charge in [0, 0.05) is 29.8 Å². The van der Waals surface area contributed by atoms with E-state index in [1.165, 1.54) is 0 Å². The van der Waals surface area contributed by atoms with Crippen LogP contribution >= 0.6 is 11.6 Å². The number of nitrogens with zero attached hydrogens (tertiary/aromatic N) is 7. The van der Waals surface area contributed by atoms with Crippen molar-refractivity contribution in [2.75, 3.05) is 0 Å². The summed E-state index contributed by atoms with van der Waals surface area (Å²) in [5.41, 5.74) is 3.16. The topological polar surface area (TPSA) is 105 Å². The number of aromatic nitrogens is 7. The summed E-state index contributed by atoms with van der Waals surface area (Å²) in [7, 11) is 0. The van der Waals surface area contributed by atoms with E-state index >= 15 is 0 Å². The minimum absolute atomic E-state index is 0.0113. The van der Waals surface area contributed by atoms with Crippen molar-refractivity contribution in [2.45, 2.75) is 20.0 Å². The van der Waals surface area contributed by atoms with E-state index in [0.717, 1.165) is 16.9 Å². The van der Waals surface area contributed by atoms with Gasteiger partial charge in [-0.15, -0.1) is 15.3 Å². The van der Waals surface area contributed by atoms with Gasteiger partial charge in [0.15, 0.2) is 17.8 Å². The Labute approximate surface area is 194 Å². The summed E-state index contributed by atoms with van der Waals surface area (Å²) in [6.45, 7) is 3.73. The van der Waals surface area contributed by atoms with Gasteiger partial charge in [-0.25, -0.2) is 0 Å². The molecule has 5 aromatic rings. The zero-order valence-corrected chi connectivity index (χ0v) is 18.5. The molecule has 0 aliphatic rings. The molecule has 0 aliphatic carbocycles. The molecule has 164 valence electrons. The minimum Gasteiger partial charge on any atom is -0.438 e. The van der Waals surface area contributed by atoms with E-state index in [1.54, 1.807) is 18.6 Å². The van der Waals surface area contributed by atoms with Crippen molar-refractivity contribution in [1.29, 1.82) is 0 Å². The van der Waals surface area contributed by atoms with Crippen molar-refractivity contribution in [3.8, 4) is 34.6 Å². The molecule has 9 nitrogen and oxygen atoms in total. The average molecular weight is 460 g/mol. The van der Waals surface area contributed by atoms with Crippen molar-refractivity contribution in [2.24, 2.45) is 0 Å². The Morgan fingerprint density at radius 1 is 0.939 bits per heavy atom. The highest BCUT2D eigenvalue weighted by molar-refractivity contribution is 6.32. The highest BCUT2D eigenvalue weighted by Gasteiger charge is 2.24. The fourth-order valence-electron chi connectivity index (χ4n) is 3.29. The molecule has 0 N–H and O–H groups in total. The molecular formula is C23H18ClN7O2. The van der Waals surface area contributed by atoms with Crippen molar-refractivity contribution in [1.82, 2.24) is 34.9 Å². The van der Waals surface area contributed by atoms with Gasteiger partial charge >= 0.3 is 6.08 Å². The van der Waals surface area contributed by atoms with E-state index in [4.69, 9.17) is 20.8 Å². The van der Waals surface area contributed by atoms with Gasteiger partial charge in [-0.3, -0.25) is 14.5 Å². The molecule has 0 fully saturated rings. The molecule has 5 rings (SSSR count). The second-order valence-electron chi connectivity index (χ2n) is 7.23. The maximum atomic E-state index is 6.52. The van der Waals surface area contributed by atoms with Crippen LogP contribution in [0.4, 0.5) is 0 Å². The van der Waals surface area contributed by atoms with Crippen molar-refractivity contribution in [3.05, 3.63) is 83.7 Å². The Kier molecular flexibility index (Phi) is 5.54. The summed E-state index contributed by atoms with van der Waals surface area (Å²) in [6.07, 6.45) is 4.50. The quantitative estimate of drug-likeness (QED) is 0.354. The minimum atomic E-state index is -0.575. The van der Waals surface area contributed by atoms with E-state index in [-0.39, 0.29) is 6.08 Å². The van der Waals surface area contributed by atoms with Gasteiger partial charge in [-0.05, 0) is 50.2 Å². The predicted molar refractivity (Wildman–Crippen MR) is 121 cm³/mol. The molecule has 1 atom stereocenters. The number of pyridine rings is 2. The number of para-hydroxylation sites is 1. The number of hydrogen-bond donors (Lipinski definition) is 0. The van der Waals surface area contributed by atoms with Crippen molar-refractivity contribution >= 4 is 11.6 Å². The lowest BCUT2D eigenvalue weighted by atomic mass is 10.2. The summed E-state index contributed by atoms with van der Waals surface area (Å²) in [6, 6.07) is 14.9. The largest absolute Gasteiger partial charge is 0.438 e. The summed E-state index contributed by atoms with van der Waals surface area (Å²) in [5, 5.41) is 17.4. The molecule has 0 amide bonds. The van der Waals surface area contributed by atoms with Crippen LogP contribution in [0.2, 0.25) is 5.02 Å². The summed E-state index contributed by atoms with van der Waals surface area (Å²) in [5.74, 6) is 1.44. The number of benzene rings is 1. The first-order chi connectivity index (χ1) is 16.1. The molecule has 0 bridgehead atoms. The van der Waals surface area contributed by atoms with Gasteiger partial charge < -0.3 is 9.15 Å². The average Bonchev–Trinajstić information content (AvgIpc) is 3.48. The summed E-state index contributed by atoms with van der Waals surface area (Å²) >= 11 is 6.52. The number of ether oxygens (including phenoxy) is 1. The zero-order valence-electron chi connectivity index (χ0n) is 17.8. The molecule has 0 radical (unpaired) electrons. The smallest absolute Gasteiger partial charge is 0.415 e. The molecule has 1 unspecified atom stereocenters. The van der Waals surface area contributed by atoms with Gasteiger partial charge in [-0.1, -0.05) is 28.8 Å². The predicted octanol–water partition coefficient (Wildman–Crippen LogP) is 4.88. The van der Waals surface area contributed by atoms with Gasteiger partial charge in [0.1, 0.15) is 0 Å². The Hall–Kier alpha value is -4.11. The van der Waals surface area contributed by atoms with Gasteiger partial charge in [-0.2, -0.15) is 0 Å². The number of rotatable bonds is 6. The third-order valence-electron chi connectivity index (χ3n) is 4.93. The van der Waals surface area contributed by atoms with Crippen LogP contribution < -0.4 is 4.74 Å². The third kappa shape index (κ3) is 4.18. The number of halogens is 1. The van der Waals surface area contributed by atoms with Crippen LogP contribution in [0, 0.1) is 6.92 Å². The zero-order chi connectivity index (χ0) is 22.8. The molecule has 4 aromatic heterocycles. The Balaban J connectivity index is 1.50. The van der Waals surface area contributed by atoms with E-state index in [9.17, 15) is 0 Å². The molecule has 0 aliphatic heterocycles. The van der Waals surface area contributed by atoms with Crippen LogP contribution in [0.3, 0.4) is 0 Å². The van der Waals surface area contributed by atoms with Crippen LogP contribution in [0.15, 0.2) is 71.5 Å². The van der Waals surface area contributed by atoms with E-state index < -0.39 is 6.10 Å². The Morgan fingerprint density at radius 2 is 1.76 bits per heavy atom. The first-order valence-corrected chi connectivity index (χ1v) is 10.5. The molecule has 33 heavy (non-hydrogen) atoms. The Morgan fingerprint density at radius 3 is 2.52 bits per heavy atom. The molecule has 0 saturated carbocycles. The number of hydrogen-bond acceptors (Lipinski definition) is 8. The highest BCUT2D eigenvalue weighted by Crippen LogP contribution is 2.31. The fraction of sp³-hybridized carbons (Fsp3) is 0.130. The summed E-state index contributed by atoms with van der Waals surface area (Å²) < 4.78 is 13.5. The molecule has 10 heteroatoms. The van der Waals surface area contributed by atoms with Crippen molar-refractivity contribution in [3.63, 3.8) is 0 Å². The Bertz CT molecular complexity index is 1380. The van der Waals surface area contributed by atoms with Crippen LogP contribution in [0.25, 0.3) is 28.5 Å². The molecule has 0 spiro atoms. The van der Waals surface area contributed by atoms with Gasteiger partial charge in [0.05, 0.1) is 16.3 Å². The van der Waals surface area contributed by atoms with Crippen LogP contribution in [0.1, 0.15) is 24.5 Å². The molecule has 1 aromatic carbocycles. The van der Waals surface area contributed by atoms with Crippen LogP contribution in [-0.2, 0) is 0 Å². The van der Waals surface area contributed by atoms with Gasteiger partial charge in [0.25, 0.3) is 5.89 Å². The molecule has 0 saturated heterocycles. The van der Waals surface area contributed by atoms with E-state index in [0.29, 0.717) is 28.1 Å². The maximum Gasteiger partial charge on any atom is 0.415 e. The lowest BCUT2D eigenvalue weighted by Gasteiger charge is -2.15. The summed E-state index contributed by atoms with van der Waals surface area (Å²) in [4.78, 5) is 8.33. The molecule has 4 heterocycles. The second kappa shape index (κ2) is 8.79. The van der Waals surface area contributed by atoms with E-state index in [1.807, 2.05) is 66.9 Å². The second-order valence-corrected chi connectivity index (χ2v) is 7.63. The monoisotopic (exact) mass is 459 g/mol. The SMILES string of the molecule is Cc1ccc(-c2nnc(OC(C)c3nnc(-c4ccncc4)n3-c3ccccc3Cl)o2)cn1. The standard InChI is InChI=1S/C23H18ClN7O2/c1-14-7-8-17(13-26-14)22-29-30-23(33-22)32-15(2)20-27-28-21(16-9-11-25-12-10-16)31(20)19-6-4-3-5-18(19)24/h3-13,15H,1-2H3. The lowest BCUT2D eigenvalue weighted by molar-refractivity contribution is 0.155. The van der Waals surface area contributed by atoms with Crippen LogP contribution in [0.5, 0.6) is 6.08 Å². The van der Waals surface area contributed by atoms with Gasteiger partial charge in [0.2, 0.25) is 0 Å². The maximum absolute atomic E-state index is 6.52. The fourth-order valence-corrected chi connectivity index (χ4v) is 3.51.